The fraction of sp³-hybridized carbons (Fsp3) is 0.467. The molecule has 1 aromatic heterocycles. The number of rotatable bonds is 0. The van der Waals surface area contributed by atoms with E-state index in [-0.39, 0.29) is 6.10 Å². The minimum Gasteiger partial charge on any atom is -0.392 e. The number of H-pyrrole nitrogens is 1. The summed E-state index contributed by atoms with van der Waals surface area (Å²) < 4.78 is 0. The van der Waals surface area contributed by atoms with Gasteiger partial charge >= 0.3 is 0 Å². The van der Waals surface area contributed by atoms with Crippen LogP contribution in [0.25, 0.3) is 10.9 Å². The fourth-order valence-corrected chi connectivity index (χ4v) is 3.91. The van der Waals surface area contributed by atoms with Gasteiger partial charge in [0.2, 0.25) is 0 Å². The SMILES string of the molecule is CN1C[C@H](O)CC2c3cccc4[nH]cc(c34)C[C@H]21. The van der Waals surface area contributed by atoms with Crippen LogP contribution in [0.1, 0.15) is 23.5 Å². The molecule has 0 amide bonds. The molecule has 94 valence electrons. The third kappa shape index (κ3) is 1.32. The van der Waals surface area contributed by atoms with Crippen molar-refractivity contribution in [3.8, 4) is 0 Å². The number of likely N-dealkylation sites (N-methyl/N-ethyl adjacent to an activating group) is 1. The summed E-state index contributed by atoms with van der Waals surface area (Å²) in [5.74, 6) is 0.478. The van der Waals surface area contributed by atoms with Gasteiger partial charge in [0.25, 0.3) is 0 Å². The molecule has 3 heteroatoms. The molecule has 2 aromatic rings. The van der Waals surface area contributed by atoms with Crippen LogP contribution >= 0.6 is 0 Å². The topological polar surface area (TPSA) is 39.3 Å². The molecule has 3 nitrogen and oxygen atoms in total. The molecule has 18 heavy (non-hydrogen) atoms. The zero-order valence-corrected chi connectivity index (χ0v) is 10.6. The van der Waals surface area contributed by atoms with E-state index in [2.05, 4.69) is 41.3 Å². The molecular weight excluding hydrogens is 224 g/mol. The molecule has 1 unspecified atom stereocenters. The maximum atomic E-state index is 10.0. The second-order valence-corrected chi connectivity index (χ2v) is 5.79. The van der Waals surface area contributed by atoms with E-state index in [1.165, 1.54) is 22.0 Å². The first-order chi connectivity index (χ1) is 8.74. The predicted molar refractivity (Wildman–Crippen MR) is 71.8 cm³/mol. The molecule has 0 saturated carbocycles. The number of fused-ring (bicyclic) bond motifs is 2. The van der Waals surface area contributed by atoms with Gasteiger partial charge in [-0.25, -0.2) is 0 Å². The molecule has 2 aliphatic rings. The number of aromatic amines is 1. The van der Waals surface area contributed by atoms with Crippen molar-refractivity contribution >= 4 is 10.9 Å². The number of hydrogen-bond acceptors (Lipinski definition) is 2. The lowest BCUT2D eigenvalue weighted by Gasteiger charge is -2.44. The number of likely N-dealkylation sites (tertiary alicyclic amines) is 1. The molecule has 1 saturated heterocycles. The number of benzene rings is 1. The van der Waals surface area contributed by atoms with Gasteiger partial charge < -0.3 is 10.1 Å². The van der Waals surface area contributed by atoms with Crippen molar-refractivity contribution < 1.29 is 5.11 Å². The summed E-state index contributed by atoms with van der Waals surface area (Å²) in [6.07, 6.45) is 3.97. The van der Waals surface area contributed by atoms with Gasteiger partial charge in [-0.05, 0) is 37.1 Å². The largest absolute Gasteiger partial charge is 0.392 e. The van der Waals surface area contributed by atoms with Crippen LogP contribution in [-0.2, 0) is 6.42 Å². The zero-order valence-electron chi connectivity index (χ0n) is 10.6. The van der Waals surface area contributed by atoms with E-state index in [9.17, 15) is 5.11 Å². The van der Waals surface area contributed by atoms with E-state index in [4.69, 9.17) is 0 Å². The Bertz CT molecular complexity index is 604. The molecule has 2 N–H and O–H groups in total. The lowest BCUT2D eigenvalue weighted by atomic mass is 9.74. The van der Waals surface area contributed by atoms with Crippen LogP contribution < -0.4 is 0 Å². The first-order valence-electron chi connectivity index (χ1n) is 6.71. The van der Waals surface area contributed by atoms with Crippen molar-refractivity contribution in [2.75, 3.05) is 13.6 Å². The lowest BCUT2D eigenvalue weighted by Crippen LogP contribution is -2.49. The summed E-state index contributed by atoms with van der Waals surface area (Å²) in [5, 5.41) is 11.4. The Morgan fingerprint density at radius 1 is 1.39 bits per heavy atom. The molecule has 3 atom stereocenters. The number of aliphatic hydroxyl groups is 1. The van der Waals surface area contributed by atoms with Gasteiger partial charge in [-0.2, -0.15) is 0 Å². The molecule has 1 aliphatic heterocycles. The van der Waals surface area contributed by atoms with Gasteiger partial charge in [0.05, 0.1) is 6.10 Å². The molecule has 1 fully saturated rings. The third-order valence-electron chi connectivity index (χ3n) is 4.70. The maximum Gasteiger partial charge on any atom is 0.0673 e. The van der Waals surface area contributed by atoms with E-state index in [1.54, 1.807) is 0 Å². The Morgan fingerprint density at radius 2 is 2.28 bits per heavy atom. The number of hydrogen-bond donors (Lipinski definition) is 2. The third-order valence-corrected chi connectivity index (χ3v) is 4.70. The smallest absolute Gasteiger partial charge is 0.0673 e. The number of aliphatic hydroxyl groups excluding tert-OH is 1. The van der Waals surface area contributed by atoms with Crippen LogP contribution in [0.4, 0.5) is 0 Å². The van der Waals surface area contributed by atoms with Gasteiger partial charge in [0.1, 0.15) is 0 Å². The minimum atomic E-state index is -0.188. The molecule has 0 radical (unpaired) electrons. The molecular formula is C15H18N2O. The summed E-state index contributed by atoms with van der Waals surface area (Å²) in [5.41, 5.74) is 4.10. The van der Waals surface area contributed by atoms with Crippen LogP contribution in [0.5, 0.6) is 0 Å². The van der Waals surface area contributed by atoms with Crippen LogP contribution in [0.2, 0.25) is 0 Å². The molecule has 4 rings (SSSR count). The summed E-state index contributed by atoms with van der Waals surface area (Å²) >= 11 is 0. The lowest BCUT2D eigenvalue weighted by molar-refractivity contribution is 0.0354. The molecule has 2 heterocycles. The van der Waals surface area contributed by atoms with Gasteiger partial charge in [0, 0.05) is 35.6 Å². The molecule has 0 bridgehead atoms. The van der Waals surface area contributed by atoms with Crippen molar-refractivity contribution in [2.45, 2.75) is 30.9 Å². The second kappa shape index (κ2) is 3.59. The molecule has 1 aliphatic carbocycles. The Labute approximate surface area is 106 Å². The van der Waals surface area contributed by atoms with Crippen molar-refractivity contribution in [1.29, 1.82) is 0 Å². The van der Waals surface area contributed by atoms with Gasteiger partial charge in [0.15, 0.2) is 0 Å². The number of nitrogens with one attached hydrogen (secondary N) is 1. The number of β-amino-alcohol motifs (C(OH)–C–C–N with tert-alkyl or cyclic N) is 1. The van der Waals surface area contributed by atoms with E-state index >= 15 is 0 Å². The Balaban J connectivity index is 1.92. The second-order valence-electron chi connectivity index (χ2n) is 5.79. The highest BCUT2D eigenvalue weighted by molar-refractivity contribution is 5.88. The summed E-state index contributed by atoms with van der Waals surface area (Å²) in [7, 11) is 2.14. The van der Waals surface area contributed by atoms with Crippen LogP contribution in [0.3, 0.4) is 0 Å². The van der Waals surface area contributed by atoms with Crippen molar-refractivity contribution in [2.24, 2.45) is 0 Å². The van der Waals surface area contributed by atoms with Crippen LogP contribution in [0.15, 0.2) is 24.4 Å². The van der Waals surface area contributed by atoms with Gasteiger partial charge in [-0.15, -0.1) is 0 Å². The number of piperidine rings is 1. The highest BCUT2D eigenvalue weighted by Gasteiger charge is 2.38. The summed E-state index contributed by atoms with van der Waals surface area (Å²) in [6, 6.07) is 7.05. The van der Waals surface area contributed by atoms with E-state index in [0.717, 1.165) is 19.4 Å². The average Bonchev–Trinajstić information content (AvgIpc) is 2.76. The van der Waals surface area contributed by atoms with E-state index in [0.29, 0.717) is 12.0 Å². The maximum absolute atomic E-state index is 10.0. The number of nitrogens with zero attached hydrogens (tertiary/aromatic N) is 1. The average molecular weight is 242 g/mol. The first kappa shape index (κ1) is 10.6. The zero-order chi connectivity index (χ0) is 12.3. The van der Waals surface area contributed by atoms with E-state index < -0.39 is 0 Å². The predicted octanol–water partition coefficient (Wildman–Crippen LogP) is 1.87. The fourth-order valence-electron chi connectivity index (χ4n) is 3.91. The van der Waals surface area contributed by atoms with Crippen molar-refractivity contribution in [3.05, 3.63) is 35.5 Å². The van der Waals surface area contributed by atoms with Crippen molar-refractivity contribution in [3.63, 3.8) is 0 Å². The minimum absolute atomic E-state index is 0.188. The highest BCUT2D eigenvalue weighted by atomic mass is 16.3. The highest BCUT2D eigenvalue weighted by Crippen LogP contribution is 2.42. The van der Waals surface area contributed by atoms with Gasteiger partial charge in [-0.3, -0.25) is 4.90 Å². The van der Waals surface area contributed by atoms with Crippen molar-refractivity contribution in [1.82, 2.24) is 9.88 Å². The Kier molecular flexibility index (Phi) is 2.11. The quantitative estimate of drug-likeness (QED) is 0.740. The standard InChI is InChI=1S/C15H18N2O/c1-17-8-10(18)6-12-11-3-2-4-13-15(11)9(7-16-13)5-14(12)17/h2-4,7,10,12,14,16,18H,5-6,8H2,1H3/t10-,12?,14-/m1/s1. The summed E-state index contributed by atoms with van der Waals surface area (Å²) in [4.78, 5) is 5.70. The summed E-state index contributed by atoms with van der Waals surface area (Å²) in [6.45, 7) is 0.802. The van der Waals surface area contributed by atoms with Crippen LogP contribution in [0, 0.1) is 0 Å². The van der Waals surface area contributed by atoms with Crippen LogP contribution in [-0.4, -0.2) is 40.7 Å². The normalized spacial score (nSPS) is 31.6. The molecule has 1 aromatic carbocycles. The Hall–Kier alpha value is -1.32. The number of aromatic nitrogens is 1. The van der Waals surface area contributed by atoms with E-state index in [1.807, 2.05) is 0 Å². The van der Waals surface area contributed by atoms with Gasteiger partial charge in [-0.1, -0.05) is 12.1 Å². The first-order valence-corrected chi connectivity index (χ1v) is 6.71. The monoisotopic (exact) mass is 242 g/mol. The Morgan fingerprint density at radius 3 is 3.17 bits per heavy atom. The molecule has 0 spiro atoms.